The van der Waals surface area contributed by atoms with E-state index in [2.05, 4.69) is 22.2 Å². The Morgan fingerprint density at radius 2 is 2.12 bits per heavy atom. The van der Waals surface area contributed by atoms with Crippen molar-refractivity contribution in [1.29, 1.82) is 0 Å². The molecule has 0 saturated carbocycles. The Balaban J connectivity index is 2.23. The zero-order valence-corrected chi connectivity index (χ0v) is 10.4. The molecule has 1 rings (SSSR count). The molecule has 1 amide bonds. The van der Waals surface area contributed by atoms with Gasteiger partial charge >= 0.3 is 0 Å². The van der Waals surface area contributed by atoms with Crippen LogP contribution in [0.15, 0.2) is 0 Å². The average molecular weight is 228 g/mol. The molecule has 1 saturated heterocycles. The van der Waals surface area contributed by atoms with Crippen LogP contribution >= 0.6 is 0 Å². The molecule has 94 valence electrons. The molecule has 0 aromatic heterocycles. The molecule has 5 nitrogen and oxygen atoms in total. The molecule has 1 heterocycles. The number of likely N-dealkylation sites (tertiary alicyclic amines) is 1. The van der Waals surface area contributed by atoms with Gasteiger partial charge in [-0.15, -0.1) is 0 Å². The first-order valence-corrected chi connectivity index (χ1v) is 5.99. The number of amides is 1. The predicted molar refractivity (Wildman–Crippen MR) is 65.2 cm³/mol. The number of nitrogens with zero attached hydrogens (tertiary/aromatic N) is 2. The van der Waals surface area contributed by atoms with E-state index < -0.39 is 0 Å². The summed E-state index contributed by atoms with van der Waals surface area (Å²) in [5, 5.41) is 2.80. The lowest BCUT2D eigenvalue weighted by atomic mass is 10.0. The van der Waals surface area contributed by atoms with Gasteiger partial charge in [-0.25, -0.2) is 0 Å². The summed E-state index contributed by atoms with van der Waals surface area (Å²) in [5.41, 5.74) is 5.33. The topological polar surface area (TPSA) is 61.6 Å². The van der Waals surface area contributed by atoms with Crippen LogP contribution in [-0.4, -0.2) is 68.6 Å². The molecule has 0 bridgehead atoms. The molecule has 1 fully saturated rings. The molecule has 0 spiro atoms. The zero-order valence-electron chi connectivity index (χ0n) is 10.4. The summed E-state index contributed by atoms with van der Waals surface area (Å²) < 4.78 is 0. The Kier molecular flexibility index (Phi) is 5.73. The summed E-state index contributed by atoms with van der Waals surface area (Å²) in [4.78, 5) is 16.0. The van der Waals surface area contributed by atoms with Crippen LogP contribution in [0.1, 0.15) is 12.8 Å². The highest BCUT2D eigenvalue weighted by Crippen LogP contribution is 2.13. The summed E-state index contributed by atoms with van der Waals surface area (Å²) in [7, 11) is 4.17. The Morgan fingerprint density at radius 1 is 1.50 bits per heavy atom. The van der Waals surface area contributed by atoms with Crippen molar-refractivity contribution in [3.63, 3.8) is 0 Å². The van der Waals surface area contributed by atoms with E-state index in [9.17, 15) is 4.79 Å². The van der Waals surface area contributed by atoms with Crippen molar-refractivity contribution < 1.29 is 4.79 Å². The number of nitrogens with one attached hydrogen (secondary N) is 1. The van der Waals surface area contributed by atoms with Crippen LogP contribution < -0.4 is 11.1 Å². The molecular formula is C11H24N4O. The number of rotatable bonds is 5. The van der Waals surface area contributed by atoms with Crippen LogP contribution in [0, 0.1) is 0 Å². The van der Waals surface area contributed by atoms with E-state index in [0.29, 0.717) is 25.7 Å². The standard InChI is InChI=1S/C11H24N4O/c1-14-7-3-10(4-8-14)15(2)9-11(16)13-6-5-12/h10H,3-9,12H2,1-2H3,(H,13,16). The van der Waals surface area contributed by atoms with Crippen LogP contribution in [0.4, 0.5) is 0 Å². The molecule has 0 atom stereocenters. The Labute approximate surface area is 98.0 Å². The molecule has 0 radical (unpaired) electrons. The number of likely N-dealkylation sites (N-methyl/N-ethyl adjacent to an activating group) is 1. The molecule has 1 aliphatic heterocycles. The minimum Gasteiger partial charge on any atom is -0.354 e. The first-order valence-electron chi connectivity index (χ1n) is 5.99. The second-order valence-electron chi connectivity index (χ2n) is 4.59. The van der Waals surface area contributed by atoms with Crippen molar-refractivity contribution in [2.75, 3.05) is 46.8 Å². The molecule has 0 aliphatic carbocycles. The van der Waals surface area contributed by atoms with Crippen molar-refractivity contribution in [2.45, 2.75) is 18.9 Å². The number of nitrogens with two attached hydrogens (primary N) is 1. The maximum absolute atomic E-state index is 11.5. The molecule has 5 heteroatoms. The molecule has 3 N–H and O–H groups in total. The van der Waals surface area contributed by atoms with Gasteiger partial charge in [0.15, 0.2) is 0 Å². The highest BCUT2D eigenvalue weighted by Gasteiger charge is 2.21. The quantitative estimate of drug-likeness (QED) is 0.639. The summed E-state index contributed by atoms with van der Waals surface area (Å²) in [6, 6.07) is 0.542. The smallest absolute Gasteiger partial charge is 0.234 e. The van der Waals surface area contributed by atoms with Gasteiger partial charge in [-0.1, -0.05) is 0 Å². The normalized spacial score (nSPS) is 19.0. The van der Waals surface area contributed by atoms with Crippen molar-refractivity contribution in [3.05, 3.63) is 0 Å². The van der Waals surface area contributed by atoms with Crippen molar-refractivity contribution in [1.82, 2.24) is 15.1 Å². The van der Waals surface area contributed by atoms with E-state index in [0.717, 1.165) is 25.9 Å². The summed E-state index contributed by atoms with van der Waals surface area (Å²) in [5.74, 6) is 0.0758. The van der Waals surface area contributed by atoms with Crippen LogP contribution in [0.3, 0.4) is 0 Å². The number of hydrogen-bond acceptors (Lipinski definition) is 4. The molecule has 1 aliphatic rings. The van der Waals surface area contributed by atoms with Gasteiger partial charge in [-0.05, 0) is 40.0 Å². The third-order valence-electron chi connectivity index (χ3n) is 3.17. The molecular weight excluding hydrogens is 204 g/mol. The second kappa shape index (κ2) is 6.83. The fourth-order valence-corrected chi connectivity index (χ4v) is 2.06. The fraction of sp³-hybridized carbons (Fsp3) is 0.909. The van der Waals surface area contributed by atoms with Crippen LogP contribution in [-0.2, 0) is 4.79 Å². The highest BCUT2D eigenvalue weighted by atomic mass is 16.2. The van der Waals surface area contributed by atoms with E-state index in [1.165, 1.54) is 0 Å². The summed E-state index contributed by atoms with van der Waals surface area (Å²) in [6.07, 6.45) is 2.30. The minimum absolute atomic E-state index is 0.0758. The predicted octanol–water partition coefficient (Wildman–Crippen LogP) is -0.913. The lowest BCUT2D eigenvalue weighted by molar-refractivity contribution is -0.122. The molecule has 16 heavy (non-hydrogen) atoms. The zero-order chi connectivity index (χ0) is 12.0. The molecule has 0 aromatic rings. The Morgan fingerprint density at radius 3 is 2.69 bits per heavy atom. The van der Waals surface area contributed by atoms with Gasteiger partial charge < -0.3 is 16.0 Å². The number of carbonyl (C=O) groups is 1. The van der Waals surface area contributed by atoms with Gasteiger partial charge in [0.25, 0.3) is 0 Å². The minimum atomic E-state index is 0.0758. The number of piperidine rings is 1. The number of carbonyl (C=O) groups excluding carboxylic acids is 1. The highest BCUT2D eigenvalue weighted by molar-refractivity contribution is 5.77. The van der Waals surface area contributed by atoms with Crippen molar-refractivity contribution >= 4 is 5.91 Å². The van der Waals surface area contributed by atoms with Gasteiger partial charge in [0, 0.05) is 19.1 Å². The van der Waals surface area contributed by atoms with Crippen LogP contribution in [0.2, 0.25) is 0 Å². The van der Waals surface area contributed by atoms with Gasteiger partial charge in [0.05, 0.1) is 6.54 Å². The van der Waals surface area contributed by atoms with Gasteiger partial charge in [-0.3, -0.25) is 9.69 Å². The van der Waals surface area contributed by atoms with E-state index >= 15 is 0 Å². The van der Waals surface area contributed by atoms with E-state index in [1.54, 1.807) is 0 Å². The van der Waals surface area contributed by atoms with Gasteiger partial charge in [-0.2, -0.15) is 0 Å². The monoisotopic (exact) mass is 228 g/mol. The average Bonchev–Trinajstić information content (AvgIpc) is 2.27. The summed E-state index contributed by atoms with van der Waals surface area (Å²) in [6.45, 7) is 3.80. The Bertz CT molecular complexity index is 214. The molecule has 0 aromatic carbocycles. The maximum atomic E-state index is 11.5. The van der Waals surface area contributed by atoms with E-state index in [-0.39, 0.29) is 5.91 Å². The van der Waals surface area contributed by atoms with Crippen LogP contribution in [0.5, 0.6) is 0 Å². The number of hydrogen-bond donors (Lipinski definition) is 2. The van der Waals surface area contributed by atoms with Crippen molar-refractivity contribution in [3.8, 4) is 0 Å². The largest absolute Gasteiger partial charge is 0.354 e. The lowest BCUT2D eigenvalue weighted by Crippen LogP contribution is -2.46. The lowest BCUT2D eigenvalue weighted by Gasteiger charge is -2.34. The first-order chi connectivity index (χ1) is 7.63. The SMILES string of the molecule is CN1CCC(N(C)CC(=O)NCCN)CC1. The summed E-state index contributed by atoms with van der Waals surface area (Å²) >= 11 is 0. The third kappa shape index (κ3) is 4.47. The maximum Gasteiger partial charge on any atom is 0.234 e. The Hall–Kier alpha value is -0.650. The first kappa shape index (κ1) is 13.4. The fourth-order valence-electron chi connectivity index (χ4n) is 2.06. The van der Waals surface area contributed by atoms with E-state index in [1.807, 2.05) is 7.05 Å². The molecule has 0 unspecified atom stereocenters. The van der Waals surface area contributed by atoms with E-state index in [4.69, 9.17) is 5.73 Å². The van der Waals surface area contributed by atoms with Gasteiger partial charge in [0.1, 0.15) is 0 Å². The van der Waals surface area contributed by atoms with Gasteiger partial charge in [0.2, 0.25) is 5.91 Å². The van der Waals surface area contributed by atoms with Crippen molar-refractivity contribution in [2.24, 2.45) is 5.73 Å². The third-order valence-corrected chi connectivity index (χ3v) is 3.17. The van der Waals surface area contributed by atoms with Crippen LogP contribution in [0.25, 0.3) is 0 Å². The second-order valence-corrected chi connectivity index (χ2v) is 4.59.